The average molecular weight is 276 g/mol. The summed E-state index contributed by atoms with van der Waals surface area (Å²) in [5.74, 6) is 0.388. The van der Waals surface area contributed by atoms with Gasteiger partial charge in [0.2, 0.25) is 0 Å². The second-order valence-corrected chi connectivity index (χ2v) is 5.70. The van der Waals surface area contributed by atoms with E-state index in [1.165, 1.54) is 12.5 Å². The van der Waals surface area contributed by atoms with Crippen LogP contribution in [0, 0.1) is 11.7 Å². The first-order chi connectivity index (χ1) is 8.15. The Morgan fingerprint density at radius 2 is 2.18 bits per heavy atom. The first-order valence-corrected chi connectivity index (χ1v) is 6.75. The molecule has 2 atom stereocenters. The third kappa shape index (κ3) is 3.84. The monoisotopic (exact) mass is 275 g/mol. The lowest BCUT2D eigenvalue weighted by atomic mass is 10.1. The molecular formula is C13H16Cl2FN. The maximum Gasteiger partial charge on any atom is 0.129 e. The van der Waals surface area contributed by atoms with Crippen molar-refractivity contribution in [1.82, 2.24) is 5.32 Å². The summed E-state index contributed by atoms with van der Waals surface area (Å²) in [4.78, 5) is 0. The molecule has 1 aliphatic rings. The molecular weight excluding hydrogens is 260 g/mol. The van der Waals surface area contributed by atoms with Crippen LogP contribution in [0.5, 0.6) is 0 Å². The molecule has 0 radical (unpaired) electrons. The van der Waals surface area contributed by atoms with E-state index in [9.17, 15) is 4.39 Å². The fourth-order valence-corrected chi connectivity index (χ4v) is 2.81. The van der Waals surface area contributed by atoms with Crippen LogP contribution in [-0.2, 0) is 6.54 Å². The number of hydrogen-bond acceptors (Lipinski definition) is 1. The molecule has 2 rings (SSSR count). The van der Waals surface area contributed by atoms with Crippen molar-refractivity contribution in [3.63, 3.8) is 0 Å². The van der Waals surface area contributed by atoms with Crippen LogP contribution >= 0.6 is 23.2 Å². The Hall–Kier alpha value is -0.310. The van der Waals surface area contributed by atoms with Crippen molar-refractivity contribution in [2.75, 3.05) is 6.54 Å². The molecule has 0 amide bonds. The fourth-order valence-electron chi connectivity index (χ4n) is 2.28. The van der Waals surface area contributed by atoms with Gasteiger partial charge in [-0.05, 0) is 43.9 Å². The Bertz CT molecular complexity index is 384. The molecule has 94 valence electrons. The molecule has 0 spiro atoms. The van der Waals surface area contributed by atoms with E-state index in [1.54, 1.807) is 12.1 Å². The van der Waals surface area contributed by atoms with Gasteiger partial charge in [0.15, 0.2) is 0 Å². The quantitative estimate of drug-likeness (QED) is 0.820. The fraction of sp³-hybridized carbons (Fsp3) is 0.538. The Labute approximate surface area is 111 Å². The lowest BCUT2D eigenvalue weighted by Gasteiger charge is -2.11. The minimum Gasteiger partial charge on any atom is -0.312 e. The molecule has 1 N–H and O–H groups in total. The number of alkyl halides is 1. The van der Waals surface area contributed by atoms with Crippen LogP contribution in [0.2, 0.25) is 5.02 Å². The van der Waals surface area contributed by atoms with E-state index < -0.39 is 0 Å². The Balaban J connectivity index is 1.78. The molecule has 1 aliphatic carbocycles. The topological polar surface area (TPSA) is 12.0 Å². The molecule has 0 bridgehead atoms. The minimum atomic E-state index is -0.244. The molecule has 1 aromatic carbocycles. The molecule has 1 aromatic rings. The largest absolute Gasteiger partial charge is 0.312 e. The zero-order chi connectivity index (χ0) is 12.3. The number of rotatable bonds is 4. The van der Waals surface area contributed by atoms with Crippen LogP contribution in [0.3, 0.4) is 0 Å². The van der Waals surface area contributed by atoms with Gasteiger partial charge in [0.1, 0.15) is 5.82 Å². The maximum atomic E-state index is 13.5. The van der Waals surface area contributed by atoms with Crippen molar-refractivity contribution in [3.05, 3.63) is 34.6 Å². The summed E-state index contributed by atoms with van der Waals surface area (Å²) in [5, 5.41) is 4.05. The molecule has 4 heteroatoms. The number of halogens is 3. The predicted molar refractivity (Wildman–Crippen MR) is 70.1 cm³/mol. The average Bonchev–Trinajstić information content (AvgIpc) is 2.68. The van der Waals surface area contributed by atoms with Crippen LogP contribution in [0.15, 0.2) is 18.2 Å². The SMILES string of the molecule is Fc1cc(Cl)ccc1CNCC1CCC(Cl)C1. The van der Waals surface area contributed by atoms with Crippen LogP contribution < -0.4 is 5.32 Å². The van der Waals surface area contributed by atoms with Gasteiger partial charge in [-0.3, -0.25) is 0 Å². The molecule has 1 fully saturated rings. The van der Waals surface area contributed by atoms with E-state index >= 15 is 0 Å². The molecule has 0 saturated heterocycles. The normalized spacial score (nSPS) is 24.2. The second kappa shape index (κ2) is 6.03. The maximum absolute atomic E-state index is 13.5. The standard InChI is InChI=1S/C13H16Cl2FN/c14-11-3-1-9(5-11)7-17-8-10-2-4-12(15)6-13(10)16/h2,4,6,9,11,17H,1,3,5,7-8H2. The summed E-state index contributed by atoms with van der Waals surface area (Å²) in [5.41, 5.74) is 0.662. The van der Waals surface area contributed by atoms with E-state index in [4.69, 9.17) is 23.2 Å². The zero-order valence-corrected chi connectivity index (χ0v) is 11.1. The van der Waals surface area contributed by atoms with Crippen molar-refractivity contribution in [2.45, 2.75) is 31.2 Å². The van der Waals surface area contributed by atoms with E-state index in [0.717, 1.165) is 19.4 Å². The Morgan fingerprint density at radius 1 is 1.35 bits per heavy atom. The molecule has 1 nitrogen and oxygen atoms in total. The van der Waals surface area contributed by atoms with Crippen molar-refractivity contribution in [2.24, 2.45) is 5.92 Å². The van der Waals surface area contributed by atoms with Gasteiger partial charge in [-0.25, -0.2) is 4.39 Å². The Kier molecular flexibility index (Phi) is 4.66. The van der Waals surface area contributed by atoms with Crippen LogP contribution in [0.1, 0.15) is 24.8 Å². The van der Waals surface area contributed by atoms with Crippen LogP contribution in [-0.4, -0.2) is 11.9 Å². The van der Waals surface area contributed by atoms with E-state index in [2.05, 4.69) is 5.32 Å². The number of nitrogens with one attached hydrogen (secondary N) is 1. The third-order valence-electron chi connectivity index (χ3n) is 3.24. The summed E-state index contributed by atoms with van der Waals surface area (Å²) in [6.07, 6.45) is 3.34. The number of benzene rings is 1. The molecule has 2 unspecified atom stereocenters. The molecule has 17 heavy (non-hydrogen) atoms. The Morgan fingerprint density at radius 3 is 2.82 bits per heavy atom. The molecule has 1 saturated carbocycles. The van der Waals surface area contributed by atoms with Crippen molar-refractivity contribution in [3.8, 4) is 0 Å². The first kappa shape index (κ1) is 13.1. The van der Waals surface area contributed by atoms with Gasteiger partial charge in [0.05, 0.1) is 0 Å². The van der Waals surface area contributed by atoms with Gasteiger partial charge in [0.25, 0.3) is 0 Å². The zero-order valence-electron chi connectivity index (χ0n) is 9.56. The van der Waals surface area contributed by atoms with E-state index in [0.29, 0.717) is 28.4 Å². The molecule has 0 aromatic heterocycles. The second-order valence-electron chi connectivity index (χ2n) is 4.64. The highest BCUT2D eigenvalue weighted by Crippen LogP contribution is 2.28. The lowest BCUT2D eigenvalue weighted by Crippen LogP contribution is -2.21. The van der Waals surface area contributed by atoms with Gasteiger partial charge < -0.3 is 5.32 Å². The van der Waals surface area contributed by atoms with Gasteiger partial charge in [-0.2, -0.15) is 0 Å². The van der Waals surface area contributed by atoms with Gasteiger partial charge in [0, 0.05) is 22.5 Å². The van der Waals surface area contributed by atoms with Crippen molar-refractivity contribution in [1.29, 1.82) is 0 Å². The predicted octanol–water partition coefficient (Wildman–Crippen LogP) is 3.98. The summed E-state index contributed by atoms with van der Waals surface area (Å²) in [6, 6.07) is 4.79. The molecule has 0 aliphatic heterocycles. The lowest BCUT2D eigenvalue weighted by molar-refractivity contribution is 0.483. The third-order valence-corrected chi connectivity index (χ3v) is 3.87. The summed E-state index contributed by atoms with van der Waals surface area (Å²) in [6.45, 7) is 1.46. The van der Waals surface area contributed by atoms with Crippen LogP contribution in [0.25, 0.3) is 0 Å². The highest BCUT2D eigenvalue weighted by Gasteiger charge is 2.22. The van der Waals surface area contributed by atoms with Gasteiger partial charge >= 0.3 is 0 Å². The highest BCUT2D eigenvalue weighted by atomic mass is 35.5. The van der Waals surface area contributed by atoms with Crippen molar-refractivity contribution >= 4 is 23.2 Å². The van der Waals surface area contributed by atoms with E-state index in [-0.39, 0.29) is 5.82 Å². The molecule has 0 heterocycles. The summed E-state index contributed by atoms with van der Waals surface area (Å²) < 4.78 is 13.5. The smallest absolute Gasteiger partial charge is 0.129 e. The summed E-state index contributed by atoms with van der Waals surface area (Å²) in [7, 11) is 0. The van der Waals surface area contributed by atoms with Crippen molar-refractivity contribution < 1.29 is 4.39 Å². The minimum absolute atomic E-state index is 0.244. The van der Waals surface area contributed by atoms with Gasteiger partial charge in [-0.1, -0.05) is 17.7 Å². The van der Waals surface area contributed by atoms with E-state index in [1.807, 2.05) is 0 Å². The summed E-state index contributed by atoms with van der Waals surface area (Å²) >= 11 is 11.7. The van der Waals surface area contributed by atoms with Crippen LogP contribution in [0.4, 0.5) is 4.39 Å². The highest BCUT2D eigenvalue weighted by molar-refractivity contribution is 6.30. The number of hydrogen-bond donors (Lipinski definition) is 1. The first-order valence-electron chi connectivity index (χ1n) is 5.94. The van der Waals surface area contributed by atoms with Gasteiger partial charge in [-0.15, -0.1) is 11.6 Å².